The molecular formula is C13H9ClN2O2S. The Morgan fingerprint density at radius 3 is 2.79 bits per heavy atom. The summed E-state index contributed by atoms with van der Waals surface area (Å²) in [6.07, 6.45) is 0. The van der Waals surface area contributed by atoms with Crippen LogP contribution in [0.15, 0.2) is 35.7 Å². The molecular weight excluding hydrogens is 284 g/mol. The average molecular weight is 293 g/mol. The zero-order valence-corrected chi connectivity index (χ0v) is 11.2. The fourth-order valence-corrected chi connectivity index (χ4v) is 2.61. The van der Waals surface area contributed by atoms with Gasteiger partial charge in [0.05, 0.1) is 16.3 Å². The van der Waals surface area contributed by atoms with Gasteiger partial charge in [-0.25, -0.2) is 4.79 Å². The highest BCUT2D eigenvalue weighted by atomic mass is 35.5. The maximum absolute atomic E-state index is 11.3. The third kappa shape index (κ3) is 2.87. The van der Waals surface area contributed by atoms with Crippen molar-refractivity contribution >= 4 is 34.6 Å². The van der Waals surface area contributed by atoms with Gasteiger partial charge in [0, 0.05) is 4.88 Å². The number of hydrogen-bond acceptors (Lipinski definition) is 4. The predicted molar refractivity (Wildman–Crippen MR) is 74.5 cm³/mol. The Hall–Kier alpha value is -2.03. The molecule has 0 aliphatic rings. The molecule has 19 heavy (non-hydrogen) atoms. The lowest BCUT2D eigenvalue weighted by atomic mass is 10.1. The Morgan fingerprint density at radius 1 is 1.42 bits per heavy atom. The molecule has 0 aliphatic heterocycles. The van der Waals surface area contributed by atoms with Gasteiger partial charge in [-0.15, -0.1) is 11.3 Å². The van der Waals surface area contributed by atoms with E-state index in [0.29, 0.717) is 15.6 Å². The third-order valence-corrected chi connectivity index (χ3v) is 3.75. The van der Waals surface area contributed by atoms with Gasteiger partial charge in [0.1, 0.15) is 6.07 Å². The number of rotatable bonds is 4. The highest BCUT2D eigenvalue weighted by Gasteiger charge is 2.22. The Bertz CT molecular complexity index is 635. The van der Waals surface area contributed by atoms with Gasteiger partial charge in [0.15, 0.2) is 6.04 Å². The Labute approximate surface area is 118 Å². The van der Waals surface area contributed by atoms with Gasteiger partial charge < -0.3 is 10.4 Å². The number of anilines is 1. The van der Waals surface area contributed by atoms with Crippen molar-refractivity contribution in [3.8, 4) is 6.07 Å². The number of thiophene rings is 1. The minimum Gasteiger partial charge on any atom is -0.479 e. The van der Waals surface area contributed by atoms with Crippen LogP contribution in [-0.2, 0) is 4.79 Å². The molecule has 1 unspecified atom stereocenters. The summed E-state index contributed by atoms with van der Waals surface area (Å²) in [4.78, 5) is 12.0. The van der Waals surface area contributed by atoms with Crippen molar-refractivity contribution in [3.05, 3.63) is 51.2 Å². The molecule has 4 nitrogen and oxygen atoms in total. The molecule has 0 saturated carbocycles. The van der Waals surface area contributed by atoms with Crippen LogP contribution in [0.2, 0.25) is 5.02 Å². The summed E-state index contributed by atoms with van der Waals surface area (Å²) < 4.78 is 0. The van der Waals surface area contributed by atoms with E-state index in [4.69, 9.17) is 16.9 Å². The lowest BCUT2D eigenvalue weighted by Crippen LogP contribution is -2.20. The molecule has 0 saturated heterocycles. The van der Waals surface area contributed by atoms with Gasteiger partial charge >= 0.3 is 5.97 Å². The number of carboxylic acid groups (broad SMARTS) is 1. The van der Waals surface area contributed by atoms with E-state index in [1.807, 2.05) is 6.07 Å². The van der Waals surface area contributed by atoms with E-state index >= 15 is 0 Å². The summed E-state index contributed by atoms with van der Waals surface area (Å²) in [5.74, 6) is -1.01. The van der Waals surface area contributed by atoms with Crippen LogP contribution in [0, 0.1) is 11.3 Å². The van der Waals surface area contributed by atoms with E-state index in [-0.39, 0.29) is 5.56 Å². The molecule has 1 heterocycles. The van der Waals surface area contributed by atoms with E-state index in [1.54, 1.807) is 35.7 Å². The van der Waals surface area contributed by atoms with Crippen LogP contribution in [0.25, 0.3) is 0 Å². The van der Waals surface area contributed by atoms with Crippen LogP contribution >= 0.6 is 22.9 Å². The number of benzene rings is 1. The molecule has 2 N–H and O–H groups in total. The lowest BCUT2D eigenvalue weighted by molar-refractivity contribution is -0.138. The quantitative estimate of drug-likeness (QED) is 0.904. The van der Waals surface area contributed by atoms with Crippen LogP contribution in [0.4, 0.5) is 5.69 Å². The first-order chi connectivity index (χ1) is 9.13. The van der Waals surface area contributed by atoms with E-state index in [0.717, 1.165) is 0 Å². The zero-order valence-electron chi connectivity index (χ0n) is 9.63. The number of aliphatic carboxylic acids is 1. The van der Waals surface area contributed by atoms with Crippen LogP contribution in [-0.4, -0.2) is 11.1 Å². The number of halogens is 1. The number of nitrogens with one attached hydrogen (secondary N) is 1. The van der Waals surface area contributed by atoms with Gasteiger partial charge in [-0.3, -0.25) is 0 Å². The van der Waals surface area contributed by atoms with Gasteiger partial charge in [-0.05, 0) is 23.6 Å². The van der Waals surface area contributed by atoms with Gasteiger partial charge in [-0.2, -0.15) is 5.26 Å². The van der Waals surface area contributed by atoms with Crippen molar-refractivity contribution in [2.75, 3.05) is 5.32 Å². The second kappa shape index (κ2) is 5.74. The molecule has 0 fully saturated rings. The first-order valence-electron chi connectivity index (χ1n) is 5.35. The van der Waals surface area contributed by atoms with Crippen LogP contribution in [0.3, 0.4) is 0 Å². The third-order valence-electron chi connectivity index (χ3n) is 2.50. The van der Waals surface area contributed by atoms with Gasteiger partial charge in [0.2, 0.25) is 0 Å². The largest absolute Gasteiger partial charge is 0.479 e. The molecule has 0 aliphatic carbocycles. The van der Waals surface area contributed by atoms with Crippen molar-refractivity contribution in [1.82, 2.24) is 0 Å². The first kappa shape index (κ1) is 13.4. The van der Waals surface area contributed by atoms with Crippen molar-refractivity contribution in [2.24, 2.45) is 0 Å². The van der Waals surface area contributed by atoms with E-state index in [2.05, 4.69) is 5.32 Å². The summed E-state index contributed by atoms with van der Waals surface area (Å²) in [5.41, 5.74) is 0.655. The fraction of sp³-hybridized carbons (Fsp3) is 0.0769. The summed E-state index contributed by atoms with van der Waals surface area (Å²) in [5, 5.41) is 23.3. The van der Waals surface area contributed by atoms with Crippen LogP contribution in [0.1, 0.15) is 16.5 Å². The molecule has 2 aromatic rings. The second-order valence-electron chi connectivity index (χ2n) is 3.71. The number of carbonyl (C=O) groups is 1. The summed E-state index contributed by atoms with van der Waals surface area (Å²) in [7, 11) is 0. The summed E-state index contributed by atoms with van der Waals surface area (Å²) in [6.45, 7) is 0. The van der Waals surface area contributed by atoms with E-state index in [9.17, 15) is 9.90 Å². The number of nitrogens with zero attached hydrogens (tertiary/aromatic N) is 1. The molecule has 1 aromatic carbocycles. The fourth-order valence-electron chi connectivity index (χ4n) is 1.62. The van der Waals surface area contributed by atoms with Gasteiger partial charge in [0.25, 0.3) is 0 Å². The van der Waals surface area contributed by atoms with E-state index < -0.39 is 12.0 Å². The smallest absolute Gasteiger partial charge is 0.331 e. The maximum atomic E-state index is 11.3. The van der Waals surface area contributed by atoms with Gasteiger partial charge in [-0.1, -0.05) is 23.7 Å². The first-order valence-corrected chi connectivity index (χ1v) is 6.60. The van der Waals surface area contributed by atoms with Crippen LogP contribution < -0.4 is 5.32 Å². The average Bonchev–Trinajstić information content (AvgIpc) is 2.89. The molecule has 0 radical (unpaired) electrons. The molecule has 1 aromatic heterocycles. The predicted octanol–water partition coefficient (Wildman–Crippen LogP) is 3.51. The maximum Gasteiger partial charge on any atom is 0.331 e. The normalized spacial score (nSPS) is 11.6. The van der Waals surface area contributed by atoms with Crippen molar-refractivity contribution in [3.63, 3.8) is 0 Å². The monoisotopic (exact) mass is 292 g/mol. The molecule has 6 heteroatoms. The highest BCUT2D eigenvalue weighted by Crippen LogP contribution is 2.28. The standard InChI is InChI=1S/C13H9ClN2O2S/c14-9-3-1-4-10(8(9)7-15)16-12(13(17)18)11-5-2-6-19-11/h1-6,12,16H,(H,17,18). The SMILES string of the molecule is N#Cc1c(Cl)cccc1NC(C(=O)O)c1cccs1. The van der Waals surface area contributed by atoms with Crippen molar-refractivity contribution in [1.29, 1.82) is 5.26 Å². The second-order valence-corrected chi connectivity index (χ2v) is 5.09. The zero-order chi connectivity index (χ0) is 13.8. The molecule has 0 amide bonds. The molecule has 0 spiro atoms. The molecule has 96 valence electrons. The summed E-state index contributed by atoms with van der Waals surface area (Å²) in [6, 6.07) is 9.47. The Kier molecular flexibility index (Phi) is 4.05. The van der Waals surface area contributed by atoms with Crippen molar-refractivity contribution < 1.29 is 9.90 Å². The number of carboxylic acids is 1. The Balaban J connectivity index is 2.36. The minimum atomic E-state index is -1.01. The number of nitriles is 1. The molecule has 1 atom stereocenters. The lowest BCUT2D eigenvalue weighted by Gasteiger charge is -2.15. The Morgan fingerprint density at radius 2 is 2.21 bits per heavy atom. The highest BCUT2D eigenvalue weighted by molar-refractivity contribution is 7.10. The topological polar surface area (TPSA) is 73.1 Å². The molecule has 0 bridgehead atoms. The van der Waals surface area contributed by atoms with Crippen LogP contribution in [0.5, 0.6) is 0 Å². The summed E-state index contributed by atoms with van der Waals surface area (Å²) >= 11 is 7.25. The van der Waals surface area contributed by atoms with Crippen molar-refractivity contribution in [2.45, 2.75) is 6.04 Å². The van der Waals surface area contributed by atoms with E-state index in [1.165, 1.54) is 11.3 Å². The molecule has 2 rings (SSSR count). The number of hydrogen-bond donors (Lipinski definition) is 2. The minimum absolute atomic E-state index is 0.243.